The zero-order valence-electron chi connectivity index (χ0n) is 7.56. The van der Waals surface area contributed by atoms with Crippen LogP contribution in [0.2, 0.25) is 0 Å². The largest absolute Gasteiger partial charge is 0.362 e. The van der Waals surface area contributed by atoms with Gasteiger partial charge in [0.1, 0.15) is 0 Å². The minimum Gasteiger partial charge on any atom is -0.362 e. The summed E-state index contributed by atoms with van der Waals surface area (Å²) >= 11 is 0. The van der Waals surface area contributed by atoms with Gasteiger partial charge in [-0.05, 0) is 12.1 Å². The summed E-state index contributed by atoms with van der Waals surface area (Å²) in [5.41, 5.74) is 3.15. The number of nitrogens with one attached hydrogen (secondary N) is 1. The molecule has 15 heavy (non-hydrogen) atoms. The molecule has 0 aliphatic carbocycles. The Morgan fingerprint density at radius 2 is 2.07 bits per heavy atom. The Bertz CT molecular complexity index is 507. The first-order valence-electron chi connectivity index (χ1n) is 4.46. The molecule has 3 rings (SSSR count). The van der Waals surface area contributed by atoms with E-state index in [1.807, 2.05) is 0 Å². The molecule has 1 unspecified atom stereocenters. The first-order chi connectivity index (χ1) is 7.27. The number of nitrogens with zero attached hydrogens (tertiary/aromatic N) is 1. The molecule has 1 N–H and O–H groups in total. The van der Waals surface area contributed by atoms with Crippen LogP contribution in [0.5, 0.6) is 0 Å². The van der Waals surface area contributed by atoms with E-state index in [1.54, 1.807) is 24.3 Å². The molecule has 1 fully saturated rings. The highest BCUT2D eigenvalue weighted by molar-refractivity contribution is 6.28. The van der Waals surface area contributed by atoms with Gasteiger partial charge in [-0.1, -0.05) is 12.1 Å². The number of Topliss-reactive ketones (excluding diaryl/α,β-unsaturated/α-hetero) is 1. The standard InChI is InChI=1S/C10H6N2O3/c13-8-5-3-1-2-4-6(5)11-10-7(8)9(14)12-15-10/h1-4,7H,(H,12,14). The lowest BCUT2D eigenvalue weighted by Crippen LogP contribution is -2.30. The van der Waals surface area contributed by atoms with E-state index in [-0.39, 0.29) is 11.7 Å². The number of hydrogen-bond acceptors (Lipinski definition) is 4. The minimum atomic E-state index is -0.903. The second-order valence-corrected chi connectivity index (χ2v) is 3.33. The Balaban J connectivity index is 2.22. The zero-order valence-corrected chi connectivity index (χ0v) is 7.56. The van der Waals surface area contributed by atoms with E-state index < -0.39 is 11.8 Å². The van der Waals surface area contributed by atoms with Crippen LogP contribution in [0.4, 0.5) is 5.69 Å². The molecule has 0 spiro atoms. The SMILES string of the molecule is O=C1NOC2=Nc3ccccc3C(=O)C12. The Labute approximate surface area is 84.7 Å². The van der Waals surface area contributed by atoms with Gasteiger partial charge < -0.3 is 4.84 Å². The second kappa shape index (κ2) is 2.66. The van der Waals surface area contributed by atoms with Crippen molar-refractivity contribution in [2.24, 2.45) is 10.9 Å². The zero-order chi connectivity index (χ0) is 10.4. The van der Waals surface area contributed by atoms with E-state index in [0.717, 1.165) is 0 Å². The number of benzene rings is 1. The van der Waals surface area contributed by atoms with Crippen LogP contribution < -0.4 is 5.48 Å². The summed E-state index contributed by atoms with van der Waals surface area (Å²) in [7, 11) is 0. The highest BCUT2D eigenvalue weighted by Crippen LogP contribution is 2.30. The quantitative estimate of drug-likeness (QED) is 0.626. The van der Waals surface area contributed by atoms with Crippen molar-refractivity contribution in [3.8, 4) is 0 Å². The molecular formula is C10H6N2O3. The normalized spacial score (nSPS) is 22.4. The van der Waals surface area contributed by atoms with Gasteiger partial charge in [-0.25, -0.2) is 4.99 Å². The molecular weight excluding hydrogens is 196 g/mol. The Morgan fingerprint density at radius 1 is 1.27 bits per heavy atom. The number of hydrogen-bond donors (Lipinski definition) is 1. The van der Waals surface area contributed by atoms with Crippen LogP contribution in [-0.2, 0) is 9.63 Å². The fourth-order valence-electron chi connectivity index (χ4n) is 1.70. The molecule has 0 bridgehead atoms. The summed E-state index contributed by atoms with van der Waals surface area (Å²) in [6.07, 6.45) is 0. The molecule has 1 atom stereocenters. The Hall–Kier alpha value is -2.17. The van der Waals surface area contributed by atoms with Gasteiger partial charge in [-0.2, -0.15) is 5.48 Å². The Kier molecular flexibility index (Phi) is 1.45. The summed E-state index contributed by atoms with van der Waals surface area (Å²) in [5.74, 6) is -1.47. The second-order valence-electron chi connectivity index (χ2n) is 3.33. The van der Waals surface area contributed by atoms with Crippen LogP contribution in [0.15, 0.2) is 29.3 Å². The lowest BCUT2D eigenvalue weighted by atomic mass is 9.93. The number of hydroxylamine groups is 1. The molecule has 1 amide bonds. The van der Waals surface area contributed by atoms with Gasteiger partial charge in [0.2, 0.25) is 5.90 Å². The first kappa shape index (κ1) is 8.16. The van der Waals surface area contributed by atoms with Crippen molar-refractivity contribution in [1.82, 2.24) is 5.48 Å². The number of fused-ring (bicyclic) bond motifs is 2. The fraction of sp³-hybridized carbons (Fsp3) is 0.100. The molecule has 0 radical (unpaired) electrons. The number of ketones is 1. The van der Waals surface area contributed by atoms with Crippen LogP contribution >= 0.6 is 0 Å². The number of rotatable bonds is 0. The van der Waals surface area contributed by atoms with Gasteiger partial charge in [0.05, 0.1) is 5.69 Å². The van der Waals surface area contributed by atoms with E-state index in [1.165, 1.54) is 0 Å². The summed E-state index contributed by atoms with van der Waals surface area (Å²) in [6.45, 7) is 0. The van der Waals surface area contributed by atoms with Crippen molar-refractivity contribution in [3.05, 3.63) is 29.8 Å². The maximum absolute atomic E-state index is 11.9. The summed E-state index contributed by atoms with van der Waals surface area (Å²) in [5, 5.41) is 0. The molecule has 0 saturated carbocycles. The molecule has 5 nitrogen and oxygen atoms in total. The van der Waals surface area contributed by atoms with Gasteiger partial charge in [0, 0.05) is 5.56 Å². The number of carbonyl (C=O) groups is 2. The number of para-hydroxylation sites is 1. The van der Waals surface area contributed by atoms with Gasteiger partial charge in [-0.15, -0.1) is 0 Å². The van der Waals surface area contributed by atoms with E-state index in [2.05, 4.69) is 10.5 Å². The molecule has 5 heteroatoms. The van der Waals surface area contributed by atoms with E-state index in [9.17, 15) is 9.59 Å². The van der Waals surface area contributed by atoms with Gasteiger partial charge >= 0.3 is 0 Å². The third-order valence-electron chi connectivity index (χ3n) is 2.43. The van der Waals surface area contributed by atoms with Crippen molar-refractivity contribution >= 4 is 23.3 Å². The average Bonchev–Trinajstić information content (AvgIpc) is 2.61. The number of aliphatic imine (C=N–C) groups is 1. The molecule has 2 heterocycles. The monoisotopic (exact) mass is 202 g/mol. The maximum Gasteiger partial charge on any atom is 0.273 e. The van der Waals surface area contributed by atoms with Gasteiger partial charge in [0.15, 0.2) is 11.7 Å². The average molecular weight is 202 g/mol. The predicted molar refractivity (Wildman–Crippen MR) is 50.6 cm³/mol. The topological polar surface area (TPSA) is 67.8 Å². The molecule has 74 valence electrons. The number of carbonyl (C=O) groups excluding carboxylic acids is 2. The summed E-state index contributed by atoms with van der Waals surface area (Å²) in [4.78, 5) is 32.1. The van der Waals surface area contributed by atoms with Crippen LogP contribution in [-0.4, -0.2) is 17.6 Å². The van der Waals surface area contributed by atoms with E-state index >= 15 is 0 Å². The highest BCUT2D eigenvalue weighted by atomic mass is 16.7. The Morgan fingerprint density at radius 3 is 2.93 bits per heavy atom. The third-order valence-corrected chi connectivity index (χ3v) is 2.43. The summed E-state index contributed by atoms with van der Waals surface area (Å²) in [6, 6.07) is 6.89. The van der Waals surface area contributed by atoms with Crippen molar-refractivity contribution in [2.75, 3.05) is 0 Å². The molecule has 2 aliphatic heterocycles. The van der Waals surface area contributed by atoms with Crippen molar-refractivity contribution in [1.29, 1.82) is 0 Å². The van der Waals surface area contributed by atoms with Crippen LogP contribution in [0, 0.1) is 5.92 Å². The van der Waals surface area contributed by atoms with E-state index in [0.29, 0.717) is 11.3 Å². The molecule has 2 aliphatic rings. The van der Waals surface area contributed by atoms with Crippen LogP contribution in [0.1, 0.15) is 10.4 Å². The smallest absolute Gasteiger partial charge is 0.273 e. The highest BCUT2D eigenvalue weighted by Gasteiger charge is 2.43. The van der Waals surface area contributed by atoms with Gasteiger partial charge in [0.25, 0.3) is 5.91 Å². The fourth-order valence-corrected chi connectivity index (χ4v) is 1.70. The third kappa shape index (κ3) is 0.999. The molecule has 1 aromatic rings. The molecule has 0 aromatic heterocycles. The predicted octanol–water partition coefficient (Wildman–Crippen LogP) is 0.591. The molecule has 1 saturated heterocycles. The lowest BCUT2D eigenvalue weighted by molar-refractivity contribution is -0.125. The van der Waals surface area contributed by atoms with E-state index in [4.69, 9.17) is 4.84 Å². The van der Waals surface area contributed by atoms with Crippen LogP contribution in [0.25, 0.3) is 0 Å². The summed E-state index contributed by atoms with van der Waals surface area (Å²) < 4.78 is 0. The number of amides is 1. The van der Waals surface area contributed by atoms with Gasteiger partial charge in [-0.3, -0.25) is 9.59 Å². The van der Waals surface area contributed by atoms with Crippen molar-refractivity contribution in [3.63, 3.8) is 0 Å². The maximum atomic E-state index is 11.9. The molecule has 1 aromatic carbocycles. The lowest BCUT2D eigenvalue weighted by Gasteiger charge is -2.12. The van der Waals surface area contributed by atoms with Crippen molar-refractivity contribution < 1.29 is 14.4 Å². The van der Waals surface area contributed by atoms with Crippen LogP contribution in [0.3, 0.4) is 0 Å². The first-order valence-corrected chi connectivity index (χ1v) is 4.46. The van der Waals surface area contributed by atoms with Crippen molar-refractivity contribution in [2.45, 2.75) is 0 Å². The minimum absolute atomic E-state index is 0.142.